The van der Waals surface area contributed by atoms with Crippen LogP contribution in [0.15, 0.2) is 0 Å². The summed E-state index contributed by atoms with van der Waals surface area (Å²) < 4.78 is 5.16. The van der Waals surface area contributed by atoms with Gasteiger partial charge < -0.3 is 9.64 Å². The van der Waals surface area contributed by atoms with Gasteiger partial charge in [0.1, 0.15) is 0 Å². The Morgan fingerprint density at radius 1 is 1.39 bits per heavy atom. The van der Waals surface area contributed by atoms with Crippen molar-refractivity contribution in [3.05, 3.63) is 0 Å². The van der Waals surface area contributed by atoms with Crippen LogP contribution in [0.4, 0.5) is 0 Å². The SMILES string of the molecule is CCCCCCN1C[C@@H](C(=O)OC(C)C)CC1=O. The normalized spacial score (nSPS) is 19.7. The van der Waals surface area contributed by atoms with Crippen molar-refractivity contribution in [3.8, 4) is 0 Å². The summed E-state index contributed by atoms with van der Waals surface area (Å²) in [5.41, 5.74) is 0. The molecule has 18 heavy (non-hydrogen) atoms. The van der Waals surface area contributed by atoms with Gasteiger partial charge in [-0.3, -0.25) is 9.59 Å². The highest BCUT2D eigenvalue weighted by Gasteiger charge is 2.35. The minimum absolute atomic E-state index is 0.0946. The molecule has 104 valence electrons. The van der Waals surface area contributed by atoms with E-state index >= 15 is 0 Å². The number of hydrogen-bond acceptors (Lipinski definition) is 3. The van der Waals surface area contributed by atoms with Gasteiger partial charge >= 0.3 is 5.97 Å². The molecule has 0 aromatic heterocycles. The highest BCUT2D eigenvalue weighted by molar-refractivity contribution is 5.86. The maximum atomic E-state index is 11.8. The molecule has 0 aromatic rings. The second-order valence-electron chi connectivity index (χ2n) is 5.29. The number of likely N-dealkylation sites (tertiary alicyclic amines) is 1. The fourth-order valence-electron chi connectivity index (χ4n) is 2.20. The average Bonchev–Trinajstić information content (AvgIpc) is 2.66. The maximum Gasteiger partial charge on any atom is 0.311 e. The highest BCUT2D eigenvalue weighted by Crippen LogP contribution is 2.20. The summed E-state index contributed by atoms with van der Waals surface area (Å²) in [6, 6.07) is 0. The molecule has 1 atom stereocenters. The molecule has 0 bridgehead atoms. The Hall–Kier alpha value is -1.06. The van der Waals surface area contributed by atoms with Gasteiger partial charge in [0.15, 0.2) is 0 Å². The number of carbonyl (C=O) groups excluding carboxylic acids is 2. The first-order chi connectivity index (χ1) is 8.54. The lowest BCUT2D eigenvalue weighted by Gasteiger charge is -2.16. The summed E-state index contributed by atoms with van der Waals surface area (Å²) >= 11 is 0. The van der Waals surface area contributed by atoms with Crippen LogP contribution in [-0.4, -0.2) is 36.0 Å². The van der Waals surface area contributed by atoms with E-state index in [4.69, 9.17) is 4.74 Å². The molecule has 0 radical (unpaired) electrons. The summed E-state index contributed by atoms with van der Waals surface area (Å²) in [6.07, 6.45) is 4.80. The van der Waals surface area contributed by atoms with E-state index in [-0.39, 0.29) is 23.9 Å². The van der Waals surface area contributed by atoms with Gasteiger partial charge in [0.2, 0.25) is 5.91 Å². The van der Waals surface area contributed by atoms with Crippen molar-refractivity contribution in [3.63, 3.8) is 0 Å². The molecule has 1 rings (SSSR count). The van der Waals surface area contributed by atoms with Gasteiger partial charge in [-0.05, 0) is 20.3 Å². The Kier molecular flexibility index (Phi) is 6.16. The number of amides is 1. The van der Waals surface area contributed by atoms with E-state index in [0.717, 1.165) is 19.4 Å². The minimum Gasteiger partial charge on any atom is -0.463 e. The van der Waals surface area contributed by atoms with Crippen LogP contribution in [-0.2, 0) is 14.3 Å². The molecule has 1 fully saturated rings. The fourth-order valence-corrected chi connectivity index (χ4v) is 2.20. The standard InChI is InChI=1S/C14H25NO3/c1-4-5-6-7-8-15-10-12(9-13(15)16)14(17)18-11(2)3/h11-12H,4-10H2,1-3H3/t12-/m0/s1. The van der Waals surface area contributed by atoms with Crippen LogP contribution in [0.5, 0.6) is 0 Å². The lowest BCUT2D eigenvalue weighted by Crippen LogP contribution is -2.28. The first-order valence-electron chi connectivity index (χ1n) is 7.02. The number of nitrogens with zero attached hydrogens (tertiary/aromatic N) is 1. The quantitative estimate of drug-likeness (QED) is 0.518. The summed E-state index contributed by atoms with van der Waals surface area (Å²) in [4.78, 5) is 25.3. The molecular weight excluding hydrogens is 230 g/mol. The van der Waals surface area contributed by atoms with Crippen molar-refractivity contribution in [1.82, 2.24) is 4.90 Å². The van der Waals surface area contributed by atoms with Gasteiger partial charge in [-0.25, -0.2) is 0 Å². The van der Waals surface area contributed by atoms with Gasteiger partial charge in [0, 0.05) is 19.5 Å². The zero-order valence-corrected chi connectivity index (χ0v) is 11.8. The molecule has 0 saturated carbocycles. The number of hydrogen-bond donors (Lipinski definition) is 0. The van der Waals surface area contributed by atoms with E-state index in [1.165, 1.54) is 12.8 Å². The zero-order valence-electron chi connectivity index (χ0n) is 11.8. The summed E-state index contributed by atoms with van der Waals surface area (Å²) in [6.45, 7) is 7.15. The lowest BCUT2D eigenvalue weighted by atomic mass is 10.1. The molecule has 1 amide bonds. The molecule has 0 N–H and O–H groups in total. The summed E-state index contributed by atoms with van der Waals surface area (Å²) in [7, 11) is 0. The van der Waals surface area contributed by atoms with Crippen LogP contribution in [0.1, 0.15) is 52.9 Å². The Balaban J connectivity index is 2.32. The van der Waals surface area contributed by atoms with Gasteiger partial charge in [-0.2, -0.15) is 0 Å². The van der Waals surface area contributed by atoms with Crippen LogP contribution >= 0.6 is 0 Å². The lowest BCUT2D eigenvalue weighted by molar-refractivity contribution is -0.152. The molecule has 4 heteroatoms. The molecule has 0 unspecified atom stereocenters. The second kappa shape index (κ2) is 7.39. The summed E-state index contributed by atoms with van der Waals surface area (Å²) in [5, 5.41) is 0. The van der Waals surface area contributed by atoms with Crippen molar-refractivity contribution < 1.29 is 14.3 Å². The van der Waals surface area contributed by atoms with E-state index in [1.54, 1.807) is 0 Å². The monoisotopic (exact) mass is 255 g/mol. The van der Waals surface area contributed by atoms with Crippen molar-refractivity contribution in [2.45, 2.75) is 59.0 Å². The van der Waals surface area contributed by atoms with Crippen LogP contribution in [0.25, 0.3) is 0 Å². The third kappa shape index (κ3) is 4.67. The zero-order chi connectivity index (χ0) is 13.5. The predicted octanol–water partition coefficient (Wildman–Crippen LogP) is 2.37. The Morgan fingerprint density at radius 2 is 2.11 bits per heavy atom. The third-order valence-electron chi connectivity index (χ3n) is 3.18. The molecule has 1 aliphatic heterocycles. The predicted molar refractivity (Wildman–Crippen MR) is 70.1 cm³/mol. The summed E-state index contributed by atoms with van der Waals surface area (Å²) in [5.74, 6) is -0.391. The second-order valence-corrected chi connectivity index (χ2v) is 5.29. The van der Waals surface area contributed by atoms with E-state index in [2.05, 4.69) is 6.92 Å². The van der Waals surface area contributed by atoms with Gasteiger partial charge in [-0.15, -0.1) is 0 Å². The maximum absolute atomic E-state index is 11.8. The fraction of sp³-hybridized carbons (Fsp3) is 0.857. The molecule has 1 saturated heterocycles. The van der Waals surface area contributed by atoms with Gasteiger partial charge in [0.25, 0.3) is 0 Å². The van der Waals surface area contributed by atoms with Crippen LogP contribution in [0.3, 0.4) is 0 Å². The Morgan fingerprint density at radius 3 is 2.72 bits per heavy atom. The minimum atomic E-state index is -0.258. The Bertz CT molecular complexity index is 289. The van der Waals surface area contributed by atoms with Crippen molar-refractivity contribution in [1.29, 1.82) is 0 Å². The molecule has 4 nitrogen and oxygen atoms in total. The Labute approximate surface area is 110 Å². The van der Waals surface area contributed by atoms with Crippen molar-refractivity contribution >= 4 is 11.9 Å². The molecule has 1 heterocycles. The van der Waals surface area contributed by atoms with Gasteiger partial charge in [-0.1, -0.05) is 26.2 Å². The van der Waals surface area contributed by atoms with Crippen LogP contribution < -0.4 is 0 Å². The highest BCUT2D eigenvalue weighted by atomic mass is 16.5. The molecule has 0 aliphatic carbocycles. The average molecular weight is 255 g/mol. The number of unbranched alkanes of at least 4 members (excludes halogenated alkanes) is 3. The molecular formula is C14H25NO3. The first kappa shape index (κ1) is 15.0. The van der Waals surface area contributed by atoms with E-state index in [1.807, 2.05) is 18.7 Å². The third-order valence-corrected chi connectivity index (χ3v) is 3.18. The number of esters is 1. The van der Waals surface area contributed by atoms with Crippen LogP contribution in [0, 0.1) is 5.92 Å². The first-order valence-corrected chi connectivity index (χ1v) is 7.02. The van der Waals surface area contributed by atoms with Crippen LogP contribution in [0.2, 0.25) is 0 Å². The van der Waals surface area contributed by atoms with Crippen molar-refractivity contribution in [2.24, 2.45) is 5.92 Å². The topological polar surface area (TPSA) is 46.6 Å². The smallest absolute Gasteiger partial charge is 0.311 e. The van der Waals surface area contributed by atoms with Gasteiger partial charge in [0.05, 0.1) is 12.0 Å². The number of carbonyl (C=O) groups is 2. The largest absolute Gasteiger partial charge is 0.463 e. The number of ether oxygens (including phenoxy) is 1. The van der Waals surface area contributed by atoms with E-state index in [0.29, 0.717) is 13.0 Å². The van der Waals surface area contributed by atoms with E-state index < -0.39 is 0 Å². The van der Waals surface area contributed by atoms with Crippen molar-refractivity contribution in [2.75, 3.05) is 13.1 Å². The number of rotatable bonds is 7. The molecule has 1 aliphatic rings. The molecule has 0 aromatic carbocycles. The molecule has 0 spiro atoms. The van der Waals surface area contributed by atoms with E-state index in [9.17, 15) is 9.59 Å².